The van der Waals surface area contributed by atoms with Gasteiger partial charge >= 0.3 is 18.3 Å². The first-order valence-electron chi connectivity index (χ1n) is 6.95. The van der Waals surface area contributed by atoms with E-state index in [1.807, 2.05) is 0 Å². The van der Waals surface area contributed by atoms with Gasteiger partial charge in [-0.25, -0.2) is 4.98 Å². The second-order valence-electron chi connectivity index (χ2n) is 5.17. The number of nitro groups is 1. The maximum Gasteiger partial charge on any atom is 0.471 e. The minimum absolute atomic E-state index is 0.180. The van der Waals surface area contributed by atoms with Crippen molar-refractivity contribution >= 4 is 23.3 Å². The summed E-state index contributed by atoms with van der Waals surface area (Å²) in [5.41, 5.74) is -2.15. The minimum atomic E-state index is -5.51. The number of amides is 1. The van der Waals surface area contributed by atoms with Crippen molar-refractivity contribution in [2.24, 2.45) is 0 Å². The van der Waals surface area contributed by atoms with E-state index in [4.69, 9.17) is 4.42 Å². The van der Waals surface area contributed by atoms with Crippen LogP contribution < -0.4 is 4.90 Å². The zero-order valence-electron chi connectivity index (χ0n) is 13.5. The first kappa shape index (κ1) is 20.9. The van der Waals surface area contributed by atoms with Crippen molar-refractivity contribution in [2.45, 2.75) is 12.4 Å². The molecule has 0 atom stereocenters. The molecule has 0 saturated heterocycles. The van der Waals surface area contributed by atoms with Crippen LogP contribution >= 0.6 is 0 Å². The lowest BCUT2D eigenvalue weighted by Crippen LogP contribution is -2.39. The average molecular weight is 411 g/mol. The monoisotopic (exact) mass is 411 g/mol. The Labute approximate surface area is 150 Å². The Balaban J connectivity index is 2.58. The number of Topliss-reactive ketones (excluding diaryl/α,β-unsaturated/α-hetero) is 1. The van der Waals surface area contributed by atoms with Crippen molar-refractivity contribution in [3.05, 3.63) is 40.1 Å². The molecule has 0 radical (unpaired) electrons. The minimum Gasteiger partial charge on any atom is -0.419 e. The van der Waals surface area contributed by atoms with Gasteiger partial charge in [0.25, 0.3) is 11.5 Å². The topological polar surface area (TPSA) is 107 Å². The van der Waals surface area contributed by atoms with Gasteiger partial charge in [-0.3, -0.25) is 24.6 Å². The number of halogens is 6. The number of hydrogen-bond donors (Lipinski definition) is 0. The average Bonchev–Trinajstić information content (AvgIpc) is 3.03. The number of nitro benzene ring substituents is 1. The Morgan fingerprint density at radius 3 is 2.04 bits per heavy atom. The summed E-state index contributed by atoms with van der Waals surface area (Å²) in [4.78, 5) is 35.5. The van der Waals surface area contributed by atoms with Crippen LogP contribution in [0.3, 0.4) is 0 Å². The van der Waals surface area contributed by atoms with Crippen LogP contribution in [-0.4, -0.2) is 41.0 Å². The number of rotatable bonds is 4. The number of aromatic nitrogens is 1. The van der Waals surface area contributed by atoms with E-state index in [0.717, 1.165) is 24.3 Å². The largest absolute Gasteiger partial charge is 0.471 e. The van der Waals surface area contributed by atoms with E-state index in [1.54, 1.807) is 0 Å². The number of anilines is 1. The molecule has 2 rings (SSSR count). The van der Waals surface area contributed by atoms with Crippen LogP contribution in [0, 0.1) is 10.1 Å². The molecule has 0 aliphatic rings. The fourth-order valence-corrected chi connectivity index (χ4v) is 1.95. The fourth-order valence-electron chi connectivity index (χ4n) is 1.95. The number of carbonyl (C=O) groups excluding carboxylic acids is 2. The summed E-state index contributed by atoms with van der Waals surface area (Å²) in [5.74, 6) is -7.37. The van der Waals surface area contributed by atoms with Crippen LogP contribution in [0.25, 0.3) is 11.5 Å². The van der Waals surface area contributed by atoms with Crippen LogP contribution in [0.4, 0.5) is 37.9 Å². The highest BCUT2D eigenvalue weighted by molar-refractivity contribution is 6.06. The summed E-state index contributed by atoms with van der Waals surface area (Å²) in [5, 5.41) is 10.6. The number of oxazole rings is 1. The quantitative estimate of drug-likeness (QED) is 0.330. The normalized spacial score (nSPS) is 12.0. The number of ketones is 1. The molecule has 8 nitrogen and oxygen atoms in total. The van der Waals surface area contributed by atoms with E-state index < -0.39 is 52.1 Å². The molecule has 1 amide bonds. The van der Waals surface area contributed by atoms with Gasteiger partial charge in [0, 0.05) is 24.7 Å². The van der Waals surface area contributed by atoms with Crippen LogP contribution in [0.5, 0.6) is 0 Å². The van der Waals surface area contributed by atoms with Crippen LogP contribution in [0.15, 0.2) is 28.7 Å². The molecule has 0 bridgehead atoms. The van der Waals surface area contributed by atoms with Crippen molar-refractivity contribution in [2.75, 3.05) is 11.9 Å². The molecule has 0 spiro atoms. The number of alkyl halides is 6. The smallest absolute Gasteiger partial charge is 0.419 e. The lowest BCUT2D eigenvalue weighted by Gasteiger charge is -2.16. The third-order valence-corrected chi connectivity index (χ3v) is 3.26. The summed E-state index contributed by atoms with van der Waals surface area (Å²) < 4.78 is 80.7. The SMILES string of the molecule is CN(C(=O)C(F)(F)F)c1oc(-c2ccc([N+](=O)[O-])cc2)nc1C(=O)C(F)(F)F. The van der Waals surface area contributed by atoms with Crippen LogP contribution in [0.2, 0.25) is 0 Å². The zero-order valence-corrected chi connectivity index (χ0v) is 13.5. The van der Waals surface area contributed by atoms with Gasteiger partial charge in [-0.1, -0.05) is 0 Å². The van der Waals surface area contributed by atoms with Crippen molar-refractivity contribution in [1.82, 2.24) is 4.98 Å². The van der Waals surface area contributed by atoms with Gasteiger partial charge < -0.3 is 4.42 Å². The lowest BCUT2D eigenvalue weighted by molar-refractivity contribution is -0.384. The first-order valence-corrected chi connectivity index (χ1v) is 6.95. The standard InChI is InChI=1S/C14H7F6N3O5/c1-22(12(25)14(18,19)20)11-8(9(24)13(15,16)17)21-10(28-11)6-2-4-7(5-3-6)23(26)27/h2-5H,1H3. The molecule has 0 saturated carbocycles. The first-order chi connectivity index (χ1) is 12.7. The summed E-state index contributed by atoms with van der Waals surface area (Å²) in [6, 6.07) is 3.83. The van der Waals surface area contributed by atoms with E-state index in [1.165, 1.54) is 0 Å². The zero-order chi connectivity index (χ0) is 21.4. The molecule has 0 unspecified atom stereocenters. The third kappa shape index (κ3) is 4.10. The molecule has 1 heterocycles. The highest BCUT2D eigenvalue weighted by atomic mass is 19.4. The van der Waals surface area contributed by atoms with Crippen LogP contribution in [0.1, 0.15) is 10.5 Å². The maximum atomic E-state index is 12.7. The van der Waals surface area contributed by atoms with Crippen molar-refractivity contribution < 1.29 is 45.3 Å². The number of non-ortho nitro benzene ring substituents is 1. The predicted octanol–water partition coefficient (Wildman–Crippen LogP) is 3.52. The molecule has 28 heavy (non-hydrogen) atoms. The summed E-state index contributed by atoms with van der Waals surface area (Å²) in [6.45, 7) is 0. The van der Waals surface area contributed by atoms with Gasteiger partial charge in [0.15, 0.2) is 5.69 Å². The molecule has 1 aromatic heterocycles. The Morgan fingerprint density at radius 1 is 1.07 bits per heavy atom. The molecule has 1 aromatic carbocycles. The van der Waals surface area contributed by atoms with Gasteiger partial charge in [-0.15, -0.1) is 0 Å². The molecule has 150 valence electrons. The highest BCUT2D eigenvalue weighted by Gasteiger charge is 2.47. The second kappa shape index (κ2) is 6.94. The predicted molar refractivity (Wildman–Crippen MR) is 78.4 cm³/mol. The van der Waals surface area contributed by atoms with Gasteiger partial charge in [0.05, 0.1) is 4.92 Å². The molecular formula is C14H7F6N3O5. The molecule has 2 aromatic rings. The van der Waals surface area contributed by atoms with Gasteiger partial charge in [-0.05, 0) is 12.1 Å². The van der Waals surface area contributed by atoms with E-state index in [2.05, 4.69) is 4.98 Å². The van der Waals surface area contributed by atoms with E-state index in [9.17, 15) is 46.0 Å². The van der Waals surface area contributed by atoms with E-state index >= 15 is 0 Å². The lowest BCUT2D eigenvalue weighted by atomic mass is 10.2. The molecule has 0 fully saturated rings. The number of nitrogens with zero attached hydrogens (tertiary/aromatic N) is 3. The Kier molecular flexibility index (Phi) is 5.17. The van der Waals surface area contributed by atoms with Gasteiger partial charge in [0.1, 0.15) is 0 Å². The third-order valence-electron chi connectivity index (χ3n) is 3.26. The van der Waals surface area contributed by atoms with Crippen molar-refractivity contribution in [3.8, 4) is 11.5 Å². The number of carbonyl (C=O) groups is 2. The molecule has 0 aliphatic heterocycles. The molecule has 14 heteroatoms. The Morgan fingerprint density at radius 2 is 1.61 bits per heavy atom. The summed E-state index contributed by atoms with van der Waals surface area (Å²) in [7, 11) is 0.448. The summed E-state index contributed by atoms with van der Waals surface area (Å²) in [6.07, 6.45) is -11.0. The van der Waals surface area contributed by atoms with Crippen molar-refractivity contribution in [3.63, 3.8) is 0 Å². The number of hydrogen-bond acceptors (Lipinski definition) is 6. The second-order valence-corrected chi connectivity index (χ2v) is 5.17. The van der Waals surface area contributed by atoms with Gasteiger partial charge in [0.2, 0.25) is 11.8 Å². The van der Waals surface area contributed by atoms with Crippen LogP contribution in [-0.2, 0) is 4.79 Å². The summed E-state index contributed by atoms with van der Waals surface area (Å²) >= 11 is 0. The maximum absolute atomic E-state index is 12.7. The molecule has 0 N–H and O–H groups in total. The van der Waals surface area contributed by atoms with E-state index in [0.29, 0.717) is 7.05 Å². The van der Waals surface area contributed by atoms with Gasteiger partial charge in [-0.2, -0.15) is 26.3 Å². The Hall–Kier alpha value is -3.45. The Bertz CT molecular complexity index is 932. The fraction of sp³-hybridized carbons (Fsp3) is 0.214. The molecular weight excluding hydrogens is 404 g/mol. The number of benzene rings is 1. The van der Waals surface area contributed by atoms with Crippen molar-refractivity contribution in [1.29, 1.82) is 0 Å². The highest BCUT2D eigenvalue weighted by Crippen LogP contribution is 2.34. The molecule has 0 aliphatic carbocycles. The van der Waals surface area contributed by atoms with E-state index in [-0.39, 0.29) is 10.5 Å².